The second kappa shape index (κ2) is 3.26. The van der Waals surface area contributed by atoms with Crippen LogP contribution in [0.15, 0.2) is 18.2 Å². The van der Waals surface area contributed by atoms with Crippen molar-refractivity contribution in [3.8, 4) is 0 Å². The zero-order chi connectivity index (χ0) is 9.14. The van der Waals surface area contributed by atoms with E-state index in [0.29, 0.717) is 5.56 Å². The number of carboxylic acids is 1. The van der Waals surface area contributed by atoms with Crippen LogP contribution in [0.2, 0.25) is 0 Å². The maximum atomic E-state index is 10.7. The van der Waals surface area contributed by atoms with Gasteiger partial charge in [0.05, 0.1) is 5.56 Å². The van der Waals surface area contributed by atoms with Gasteiger partial charge >= 0.3 is 5.97 Å². The SMILES string of the molecule is CNc1ccc(C)c(C(=O)O)c1. The fourth-order valence-electron chi connectivity index (χ4n) is 1.01. The van der Waals surface area contributed by atoms with E-state index in [1.807, 2.05) is 6.07 Å². The third kappa shape index (κ3) is 1.56. The molecule has 3 nitrogen and oxygen atoms in total. The first-order valence-corrected chi connectivity index (χ1v) is 3.67. The molecule has 0 radical (unpaired) electrons. The van der Waals surface area contributed by atoms with Gasteiger partial charge in [-0.3, -0.25) is 0 Å². The van der Waals surface area contributed by atoms with Crippen LogP contribution < -0.4 is 5.32 Å². The summed E-state index contributed by atoms with van der Waals surface area (Å²) in [5.74, 6) is -0.885. The smallest absolute Gasteiger partial charge is 0.336 e. The molecule has 0 unspecified atom stereocenters. The Morgan fingerprint density at radius 1 is 1.50 bits per heavy atom. The van der Waals surface area contributed by atoms with E-state index in [4.69, 9.17) is 5.11 Å². The molecule has 3 heteroatoms. The summed E-state index contributed by atoms with van der Waals surface area (Å²) in [6, 6.07) is 5.26. The molecule has 1 aromatic carbocycles. The summed E-state index contributed by atoms with van der Waals surface area (Å²) in [7, 11) is 1.76. The highest BCUT2D eigenvalue weighted by molar-refractivity contribution is 5.90. The van der Waals surface area contributed by atoms with Crippen LogP contribution in [0.1, 0.15) is 15.9 Å². The van der Waals surface area contributed by atoms with Gasteiger partial charge in [0, 0.05) is 12.7 Å². The standard InChI is InChI=1S/C9H11NO2/c1-6-3-4-7(10-2)5-8(6)9(11)12/h3-5,10H,1-2H3,(H,11,12). The minimum atomic E-state index is -0.885. The van der Waals surface area contributed by atoms with Gasteiger partial charge in [-0.15, -0.1) is 0 Å². The molecule has 2 N–H and O–H groups in total. The number of benzene rings is 1. The molecule has 0 bridgehead atoms. The monoisotopic (exact) mass is 165 g/mol. The zero-order valence-electron chi connectivity index (χ0n) is 7.09. The van der Waals surface area contributed by atoms with Crippen molar-refractivity contribution >= 4 is 11.7 Å². The Balaban J connectivity index is 3.17. The third-order valence-corrected chi connectivity index (χ3v) is 1.76. The molecule has 0 aromatic heterocycles. The molecule has 0 fully saturated rings. The molecule has 1 aromatic rings. The maximum absolute atomic E-state index is 10.7. The number of hydrogen-bond donors (Lipinski definition) is 2. The highest BCUT2D eigenvalue weighted by atomic mass is 16.4. The molecule has 0 amide bonds. The number of rotatable bonds is 2. The van der Waals surface area contributed by atoms with E-state index in [0.717, 1.165) is 11.3 Å². The fourth-order valence-corrected chi connectivity index (χ4v) is 1.01. The Morgan fingerprint density at radius 3 is 2.67 bits per heavy atom. The lowest BCUT2D eigenvalue weighted by Crippen LogP contribution is -2.00. The second-order valence-electron chi connectivity index (χ2n) is 2.58. The summed E-state index contributed by atoms with van der Waals surface area (Å²) in [5, 5.41) is 11.6. The summed E-state index contributed by atoms with van der Waals surface area (Å²) in [5.41, 5.74) is 1.95. The van der Waals surface area contributed by atoms with Crippen molar-refractivity contribution < 1.29 is 9.90 Å². The Hall–Kier alpha value is -1.51. The number of hydrogen-bond acceptors (Lipinski definition) is 2. The van der Waals surface area contributed by atoms with Crippen LogP contribution in [0.5, 0.6) is 0 Å². The highest BCUT2D eigenvalue weighted by Crippen LogP contribution is 2.14. The van der Waals surface area contributed by atoms with E-state index in [9.17, 15) is 4.79 Å². The summed E-state index contributed by atoms with van der Waals surface area (Å²) < 4.78 is 0. The average Bonchev–Trinajstić information content (AvgIpc) is 2.05. The Labute approximate surface area is 71.0 Å². The zero-order valence-corrected chi connectivity index (χ0v) is 7.09. The average molecular weight is 165 g/mol. The predicted molar refractivity (Wildman–Crippen MR) is 47.7 cm³/mol. The second-order valence-corrected chi connectivity index (χ2v) is 2.58. The maximum Gasteiger partial charge on any atom is 0.336 e. The summed E-state index contributed by atoms with van der Waals surface area (Å²) in [6.45, 7) is 1.78. The third-order valence-electron chi connectivity index (χ3n) is 1.76. The van der Waals surface area contributed by atoms with Gasteiger partial charge in [-0.25, -0.2) is 4.79 Å². The van der Waals surface area contributed by atoms with Gasteiger partial charge in [-0.1, -0.05) is 6.07 Å². The van der Waals surface area contributed by atoms with Crippen LogP contribution in [-0.4, -0.2) is 18.1 Å². The molecule has 12 heavy (non-hydrogen) atoms. The molecule has 64 valence electrons. The molecule has 0 saturated heterocycles. The first-order valence-electron chi connectivity index (χ1n) is 3.67. The number of carbonyl (C=O) groups is 1. The molecule has 0 heterocycles. The minimum absolute atomic E-state index is 0.349. The molecule has 0 aliphatic carbocycles. The first kappa shape index (κ1) is 8.59. The largest absolute Gasteiger partial charge is 0.478 e. The van der Waals surface area contributed by atoms with Crippen LogP contribution in [0, 0.1) is 6.92 Å². The molecule has 0 atom stereocenters. The van der Waals surface area contributed by atoms with Crippen molar-refractivity contribution in [2.24, 2.45) is 0 Å². The van der Waals surface area contributed by atoms with Crippen molar-refractivity contribution in [2.45, 2.75) is 6.92 Å². The van der Waals surface area contributed by atoms with Gasteiger partial charge in [-0.2, -0.15) is 0 Å². The van der Waals surface area contributed by atoms with Gasteiger partial charge in [-0.05, 0) is 24.6 Å². The molecule has 0 saturated carbocycles. The fraction of sp³-hybridized carbons (Fsp3) is 0.222. The van der Waals surface area contributed by atoms with E-state index in [1.54, 1.807) is 26.1 Å². The quantitative estimate of drug-likeness (QED) is 0.701. The van der Waals surface area contributed by atoms with Gasteiger partial charge in [0.15, 0.2) is 0 Å². The van der Waals surface area contributed by atoms with E-state index < -0.39 is 5.97 Å². The van der Waals surface area contributed by atoms with Crippen molar-refractivity contribution in [1.29, 1.82) is 0 Å². The van der Waals surface area contributed by atoms with Crippen LogP contribution in [0.3, 0.4) is 0 Å². The van der Waals surface area contributed by atoms with Crippen molar-refractivity contribution in [3.63, 3.8) is 0 Å². The van der Waals surface area contributed by atoms with E-state index in [1.165, 1.54) is 0 Å². The normalized spacial score (nSPS) is 9.50. The van der Waals surface area contributed by atoms with Crippen LogP contribution in [0.25, 0.3) is 0 Å². The van der Waals surface area contributed by atoms with Gasteiger partial charge in [0.2, 0.25) is 0 Å². The lowest BCUT2D eigenvalue weighted by atomic mass is 10.1. The summed E-state index contributed by atoms with van der Waals surface area (Å²) in [6.07, 6.45) is 0. The Morgan fingerprint density at radius 2 is 2.17 bits per heavy atom. The van der Waals surface area contributed by atoms with Crippen LogP contribution in [-0.2, 0) is 0 Å². The number of carboxylic acid groups (broad SMARTS) is 1. The number of nitrogens with one attached hydrogen (secondary N) is 1. The van der Waals surface area contributed by atoms with Crippen LogP contribution >= 0.6 is 0 Å². The van der Waals surface area contributed by atoms with Gasteiger partial charge in [0.1, 0.15) is 0 Å². The van der Waals surface area contributed by atoms with Gasteiger partial charge < -0.3 is 10.4 Å². The lowest BCUT2D eigenvalue weighted by molar-refractivity contribution is 0.0696. The molecular weight excluding hydrogens is 154 g/mol. The number of aromatic carboxylic acids is 1. The lowest BCUT2D eigenvalue weighted by Gasteiger charge is -2.03. The summed E-state index contributed by atoms with van der Waals surface area (Å²) in [4.78, 5) is 10.7. The molecule has 1 rings (SSSR count). The highest BCUT2D eigenvalue weighted by Gasteiger charge is 2.06. The van der Waals surface area contributed by atoms with E-state index >= 15 is 0 Å². The van der Waals surface area contributed by atoms with E-state index in [2.05, 4.69) is 5.32 Å². The van der Waals surface area contributed by atoms with Crippen molar-refractivity contribution in [1.82, 2.24) is 0 Å². The van der Waals surface area contributed by atoms with Crippen molar-refractivity contribution in [2.75, 3.05) is 12.4 Å². The van der Waals surface area contributed by atoms with Crippen LogP contribution in [0.4, 0.5) is 5.69 Å². The summed E-state index contributed by atoms with van der Waals surface area (Å²) >= 11 is 0. The van der Waals surface area contributed by atoms with E-state index in [-0.39, 0.29) is 0 Å². The number of aryl methyl sites for hydroxylation is 1. The minimum Gasteiger partial charge on any atom is -0.478 e. The molecular formula is C9H11NO2. The van der Waals surface area contributed by atoms with Crippen molar-refractivity contribution in [3.05, 3.63) is 29.3 Å². The van der Waals surface area contributed by atoms with Gasteiger partial charge in [0.25, 0.3) is 0 Å². The predicted octanol–water partition coefficient (Wildman–Crippen LogP) is 1.73. The Bertz CT molecular complexity index is 307. The Kier molecular flexibility index (Phi) is 2.33. The molecule has 0 aliphatic rings. The molecule has 0 aliphatic heterocycles. The topological polar surface area (TPSA) is 49.3 Å². The molecule has 0 spiro atoms. The first-order chi connectivity index (χ1) is 5.65. The number of anilines is 1.